The van der Waals surface area contributed by atoms with Crippen molar-refractivity contribution in [2.24, 2.45) is 0 Å². The van der Waals surface area contributed by atoms with Crippen molar-refractivity contribution in [3.8, 4) is 0 Å². The van der Waals surface area contributed by atoms with Crippen LogP contribution in [0.5, 0.6) is 0 Å². The highest BCUT2D eigenvalue weighted by molar-refractivity contribution is 7.99. The molecule has 1 amide bonds. The summed E-state index contributed by atoms with van der Waals surface area (Å²) < 4.78 is 2.15. The summed E-state index contributed by atoms with van der Waals surface area (Å²) in [5.74, 6) is 1.27. The summed E-state index contributed by atoms with van der Waals surface area (Å²) in [6, 6.07) is 6.53. The van der Waals surface area contributed by atoms with Crippen LogP contribution < -0.4 is 5.32 Å². The first kappa shape index (κ1) is 15.1. The van der Waals surface area contributed by atoms with Crippen molar-refractivity contribution >= 4 is 23.4 Å². The number of aromatic nitrogens is 3. The first-order valence-corrected chi connectivity index (χ1v) is 8.45. The van der Waals surface area contributed by atoms with E-state index >= 15 is 0 Å². The molecule has 5 nitrogen and oxygen atoms in total. The van der Waals surface area contributed by atoms with Gasteiger partial charge in [0, 0.05) is 11.7 Å². The lowest BCUT2D eigenvalue weighted by molar-refractivity contribution is -0.113. The molecular weight excluding hydrogens is 296 g/mol. The first-order chi connectivity index (χ1) is 10.6. The Bertz CT molecular complexity index is 686. The van der Waals surface area contributed by atoms with Crippen LogP contribution in [0.15, 0.2) is 23.4 Å². The van der Waals surface area contributed by atoms with Crippen LogP contribution in [0.1, 0.15) is 35.8 Å². The molecule has 1 fully saturated rings. The van der Waals surface area contributed by atoms with Crippen molar-refractivity contribution < 1.29 is 4.79 Å². The van der Waals surface area contributed by atoms with E-state index in [-0.39, 0.29) is 5.91 Å². The number of para-hydroxylation sites is 1. The Morgan fingerprint density at radius 3 is 2.59 bits per heavy atom. The van der Waals surface area contributed by atoms with Gasteiger partial charge in [-0.1, -0.05) is 30.0 Å². The van der Waals surface area contributed by atoms with E-state index in [2.05, 4.69) is 20.1 Å². The molecule has 116 valence electrons. The number of benzene rings is 1. The zero-order valence-electron chi connectivity index (χ0n) is 13.1. The summed E-state index contributed by atoms with van der Waals surface area (Å²) in [6.45, 7) is 5.97. The van der Waals surface area contributed by atoms with E-state index in [1.54, 1.807) is 0 Å². The number of thioether (sulfide) groups is 1. The fourth-order valence-electron chi connectivity index (χ4n) is 2.52. The van der Waals surface area contributed by atoms with Crippen LogP contribution in [0.2, 0.25) is 0 Å². The third kappa shape index (κ3) is 3.16. The number of anilines is 1. The van der Waals surface area contributed by atoms with Crippen LogP contribution in [0.3, 0.4) is 0 Å². The van der Waals surface area contributed by atoms with E-state index in [1.807, 2.05) is 39.0 Å². The van der Waals surface area contributed by atoms with Crippen LogP contribution in [0, 0.1) is 20.8 Å². The molecule has 0 radical (unpaired) electrons. The van der Waals surface area contributed by atoms with Gasteiger partial charge in [-0.3, -0.25) is 4.79 Å². The number of amides is 1. The largest absolute Gasteiger partial charge is 0.325 e. The van der Waals surface area contributed by atoms with Crippen molar-refractivity contribution in [1.29, 1.82) is 0 Å². The Morgan fingerprint density at radius 2 is 1.95 bits per heavy atom. The maximum Gasteiger partial charge on any atom is 0.234 e. The van der Waals surface area contributed by atoms with Crippen molar-refractivity contribution in [3.05, 3.63) is 35.2 Å². The van der Waals surface area contributed by atoms with Crippen LogP contribution in [-0.4, -0.2) is 26.4 Å². The minimum atomic E-state index is -0.00889. The van der Waals surface area contributed by atoms with Crippen molar-refractivity contribution in [1.82, 2.24) is 14.8 Å². The molecule has 1 aromatic carbocycles. The summed E-state index contributed by atoms with van der Waals surface area (Å²) in [6.07, 6.45) is 2.36. The molecule has 22 heavy (non-hydrogen) atoms. The topological polar surface area (TPSA) is 59.8 Å². The fraction of sp³-hybridized carbons (Fsp3) is 0.438. The number of carbonyl (C=O) groups excluding carboxylic acids is 1. The number of aryl methyl sites for hydroxylation is 3. The van der Waals surface area contributed by atoms with Gasteiger partial charge in [-0.15, -0.1) is 10.2 Å². The monoisotopic (exact) mass is 316 g/mol. The maximum atomic E-state index is 12.2. The Balaban J connectivity index is 1.63. The van der Waals surface area contributed by atoms with Gasteiger partial charge in [0.15, 0.2) is 5.16 Å². The van der Waals surface area contributed by atoms with Crippen molar-refractivity contribution in [3.63, 3.8) is 0 Å². The van der Waals surface area contributed by atoms with Crippen LogP contribution in [0.4, 0.5) is 5.69 Å². The lowest BCUT2D eigenvalue weighted by atomic mass is 10.1. The Kier molecular flexibility index (Phi) is 4.20. The minimum absolute atomic E-state index is 0.00889. The molecule has 0 spiro atoms. The average molecular weight is 316 g/mol. The molecule has 1 aliphatic rings. The van der Waals surface area contributed by atoms with Crippen molar-refractivity contribution in [2.45, 2.75) is 44.8 Å². The third-order valence-corrected chi connectivity index (χ3v) is 4.77. The molecule has 0 unspecified atom stereocenters. The average Bonchev–Trinajstić information content (AvgIpc) is 3.24. The molecule has 3 rings (SSSR count). The zero-order chi connectivity index (χ0) is 15.7. The normalized spacial score (nSPS) is 14.1. The van der Waals surface area contributed by atoms with E-state index in [4.69, 9.17) is 0 Å². The SMILES string of the molecule is Cc1cccc(C)c1NC(=O)CSc1nnc(C)n1C1CC1. The number of hydrogen-bond donors (Lipinski definition) is 1. The zero-order valence-corrected chi connectivity index (χ0v) is 13.9. The quantitative estimate of drug-likeness (QED) is 0.860. The summed E-state index contributed by atoms with van der Waals surface area (Å²) in [7, 11) is 0. The van der Waals surface area contributed by atoms with E-state index < -0.39 is 0 Å². The van der Waals surface area contributed by atoms with Crippen molar-refractivity contribution in [2.75, 3.05) is 11.1 Å². The highest BCUT2D eigenvalue weighted by atomic mass is 32.2. The number of hydrogen-bond acceptors (Lipinski definition) is 4. The molecule has 0 bridgehead atoms. The van der Waals surface area contributed by atoms with E-state index in [0.717, 1.165) is 27.8 Å². The van der Waals surface area contributed by atoms with Gasteiger partial charge in [0.25, 0.3) is 0 Å². The smallest absolute Gasteiger partial charge is 0.234 e. The molecule has 1 N–H and O–H groups in total. The number of nitrogens with one attached hydrogen (secondary N) is 1. The first-order valence-electron chi connectivity index (χ1n) is 7.46. The second kappa shape index (κ2) is 6.12. The Labute approximate surface area is 134 Å². The summed E-state index contributed by atoms with van der Waals surface area (Å²) in [5, 5.41) is 12.2. The maximum absolute atomic E-state index is 12.2. The van der Waals surface area contributed by atoms with Gasteiger partial charge < -0.3 is 9.88 Å². The second-order valence-corrected chi connectivity index (χ2v) is 6.68. The summed E-state index contributed by atoms with van der Waals surface area (Å²) in [5.41, 5.74) is 3.07. The van der Waals surface area contributed by atoms with Gasteiger partial charge in [-0.25, -0.2) is 0 Å². The highest BCUT2D eigenvalue weighted by Gasteiger charge is 2.28. The molecule has 1 aliphatic carbocycles. The van der Waals surface area contributed by atoms with Crippen LogP contribution >= 0.6 is 11.8 Å². The predicted octanol–water partition coefficient (Wildman–Crippen LogP) is 3.27. The lowest BCUT2D eigenvalue weighted by Gasteiger charge is -2.11. The van der Waals surface area contributed by atoms with Gasteiger partial charge in [0.05, 0.1) is 5.75 Å². The standard InChI is InChI=1S/C16H20N4OS/c1-10-5-4-6-11(2)15(10)17-14(21)9-22-16-19-18-12(3)20(16)13-7-8-13/h4-6,13H,7-9H2,1-3H3,(H,17,21). The molecule has 0 atom stereocenters. The van der Waals surface area contributed by atoms with Gasteiger partial charge in [-0.05, 0) is 44.7 Å². The predicted molar refractivity (Wildman–Crippen MR) is 88.3 cm³/mol. The second-order valence-electron chi connectivity index (χ2n) is 5.73. The fourth-order valence-corrected chi connectivity index (χ4v) is 3.37. The third-order valence-electron chi connectivity index (χ3n) is 3.82. The van der Waals surface area contributed by atoms with E-state index in [9.17, 15) is 4.79 Å². The van der Waals surface area contributed by atoms with Crippen LogP contribution in [-0.2, 0) is 4.79 Å². The molecule has 0 aliphatic heterocycles. The Morgan fingerprint density at radius 1 is 1.27 bits per heavy atom. The molecule has 2 aromatic rings. The number of nitrogens with zero attached hydrogens (tertiary/aromatic N) is 3. The van der Waals surface area contributed by atoms with Gasteiger partial charge in [0.2, 0.25) is 5.91 Å². The Hall–Kier alpha value is -1.82. The van der Waals surface area contributed by atoms with Gasteiger partial charge in [0.1, 0.15) is 5.82 Å². The van der Waals surface area contributed by atoms with E-state index in [1.165, 1.54) is 24.6 Å². The summed E-state index contributed by atoms with van der Waals surface area (Å²) >= 11 is 1.45. The molecule has 1 heterocycles. The highest BCUT2D eigenvalue weighted by Crippen LogP contribution is 2.38. The van der Waals surface area contributed by atoms with E-state index in [0.29, 0.717) is 11.8 Å². The molecule has 1 saturated carbocycles. The molecule has 1 aromatic heterocycles. The van der Waals surface area contributed by atoms with Crippen LogP contribution in [0.25, 0.3) is 0 Å². The molecule has 0 saturated heterocycles. The lowest BCUT2D eigenvalue weighted by Crippen LogP contribution is -2.16. The number of carbonyl (C=O) groups is 1. The molecule has 6 heteroatoms. The summed E-state index contributed by atoms with van der Waals surface area (Å²) in [4.78, 5) is 12.2. The number of rotatable bonds is 5. The minimum Gasteiger partial charge on any atom is -0.325 e. The van der Waals surface area contributed by atoms with Gasteiger partial charge >= 0.3 is 0 Å². The van der Waals surface area contributed by atoms with Gasteiger partial charge in [-0.2, -0.15) is 0 Å². The molecular formula is C16H20N4OS.